The van der Waals surface area contributed by atoms with E-state index in [4.69, 9.17) is 0 Å². The van der Waals surface area contributed by atoms with E-state index >= 15 is 0 Å². The predicted octanol–water partition coefficient (Wildman–Crippen LogP) is 4.37. The van der Waals surface area contributed by atoms with Gasteiger partial charge in [-0.2, -0.15) is 31.3 Å². The van der Waals surface area contributed by atoms with Crippen molar-refractivity contribution in [3.05, 3.63) is 29.3 Å². The Balaban J connectivity index is 2.20. The third kappa shape index (κ3) is 5.02. The molecule has 2 heterocycles. The highest BCUT2D eigenvalue weighted by molar-refractivity contribution is 8.16. The van der Waals surface area contributed by atoms with Crippen LogP contribution in [0.25, 0.3) is 0 Å². The fraction of sp³-hybridized carbons (Fsp3) is 0.556. The molecule has 0 aliphatic carbocycles. The summed E-state index contributed by atoms with van der Waals surface area (Å²) in [6.45, 7) is 4.67. The van der Waals surface area contributed by atoms with Crippen molar-refractivity contribution in [3.8, 4) is 0 Å². The Morgan fingerprint density at radius 2 is 1.52 bits per heavy atom. The van der Waals surface area contributed by atoms with Gasteiger partial charge >= 0.3 is 12.4 Å². The molecule has 5 nitrogen and oxygen atoms in total. The molecule has 0 aromatic heterocycles. The maximum absolute atomic E-state index is 13.3. The van der Waals surface area contributed by atoms with Crippen molar-refractivity contribution in [2.45, 2.75) is 44.4 Å². The molecule has 0 spiro atoms. The number of fused-ring (bicyclic) bond motifs is 1. The minimum Gasteiger partial charge on any atom is -0.316 e. The van der Waals surface area contributed by atoms with Crippen molar-refractivity contribution in [2.24, 2.45) is 10.4 Å². The lowest BCUT2D eigenvalue weighted by molar-refractivity contribution is -0.143. The van der Waals surface area contributed by atoms with E-state index < -0.39 is 67.4 Å². The number of benzene rings is 1. The molecule has 2 fully saturated rings. The Hall–Kier alpha value is -1.76. The summed E-state index contributed by atoms with van der Waals surface area (Å²) >= 11 is 0.871. The van der Waals surface area contributed by atoms with E-state index in [2.05, 4.69) is 4.99 Å². The number of carbonyl (C=O) groups excluding carboxylic acids is 1. The maximum atomic E-state index is 13.3. The first kappa shape index (κ1) is 23.9. The fourth-order valence-corrected chi connectivity index (χ4v) is 7.11. The zero-order valence-corrected chi connectivity index (χ0v) is 18.1. The number of amides is 1. The van der Waals surface area contributed by atoms with E-state index in [1.54, 1.807) is 20.8 Å². The number of halogens is 6. The van der Waals surface area contributed by atoms with Gasteiger partial charge in [0.25, 0.3) is 5.91 Å². The Labute approximate surface area is 178 Å². The fourth-order valence-electron chi connectivity index (χ4n) is 3.20. The summed E-state index contributed by atoms with van der Waals surface area (Å²) in [5, 5.41) is -0.780. The number of amidine groups is 1. The summed E-state index contributed by atoms with van der Waals surface area (Å²) in [6.07, 6.45) is -10.1. The number of alkyl halides is 6. The average molecular weight is 488 g/mol. The number of anilines is 1. The van der Waals surface area contributed by atoms with Gasteiger partial charge < -0.3 is 4.90 Å². The Morgan fingerprint density at radius 3 is 1.97 bits per heavy atom. The van der Waals surface area contributed by atoms with Crippen LogP contribution in [-0.2, 0) is 27.0 Å². The molecule has 0 bridgehead atoms. The smallest absolute Gasteiger partial charge is 0.316 e. The lowest BCUT2D eigenvalue weighted by Gasteiger charge is -2.27. The van der Waals surface area contributed by atoms with E-state index in [9.17, 15) is 39.6 Å². The SMILES string of the molecule is CC(C)(C)C(=O)N=C1S[C@H]2CS(=O)(=O)C[C@@H]2N1c1cc(C(F)(F)F)cc(C(F)(F)F)c1. The van der Waals surface area contributed by atoms with Gasteiger partial charge in [0.05, 0.1) is 28.7 Å². The van der Waals surface area contributed by atoms with Crippen molar-refractivity contribution in [1.82, 2.24) is 0 Å². The molecule has 2 aliphatic heterocycles. The number of nitrogens with zero attached hydrogens (tertiary/aromatic N) is 2. The van der Waals surface area contributed by atoms with Crippen LogP contribution < -0.4 is 4.90 Å². The first-order valence-electron chi connectivity index (χ1n) is 8.97. The molecule has 0 radical (unpaired) electrons. The molecular weight excluding hydrogens is 470 g/mol. The second-order valence-electron chi connectivity index (χ2n) is 8.38. The number of sulfone groups is 1. The van der Waals surface area contributed by atoms with Crippen LogP contribution in [0, 0.1) is 5.41 Å². The van der Waals surface area contributed by atoms with Crippen LogP contribution in [0.2, 0.25) is 0 Å². The molecule has 0 unspecified atom stereocenters. The monoisotopic (exact) mass is 488 g/mol. The molecule has 0 N–H and O–H groups in total. The molecule has 3 rings (SSSR count). The normalized spacial score (nSPS) is 25.2. The predicted molar refractivity (Wildman–Crippen MR) is 105 cm³/mol. The summed E-state index contributed by atoms with van der Waals surface area (Å²) < 4.78 is 104. The lowest BCUT2D eigenvalue weighted by atomic mass is 9.96. The van der Waals surface area contributed by atoms with Gasteiger partial charge in [-0.25, -0.2) is 8.42 Å². The largest absolute Gasteiger partial charge is 0.416 e. The molecule has 1 aromatic carbocycles. The average Bonchev–Trinajstić information content (AvgIpc) is 3.02. The van der Waals surface area contributed by atoms with Crippen molar-refractivity contribution in [1.29, 1.82) is 0 Å². The number of thioether (sulfide) groups is 1. The number of carbonyl (C=O) groups is 1. The highest BCUT2D eigenvalue weighted by atomic mass is 32.2. The molecular formula is C18H18F6N2O3S2. The summed E-state index contributed by atoms with van der Waals surface area (Å²) in [5.41, 5.74) is -4.53. The number of hydrogen-bond acceptors (Lipinski definition) is 4. The molecule has 13 heteroatoms. The highest BCUT2D eigenvalue weighted by Gasteiger charge is 2.50. The minimum absolute atomic E-state index is 0.00723. The third-order valence-electron chi connectivity index (χ3n) is 4.76. The number of hydrogen-bond donors (Lipinski definition) is 0. The van der Waals surface area contributed by atoms with E-state index in [0.717, 1.165) is 16.7 Å². The summed E-state index contributed by atoms with van der Waals surface area (Å²) in [6, 6.07) is 0.0821. The quantitative estimate of drug-likeness (QED) is 0.550. The van der Waals surface area contributed by atoms with Gasteiger partial charge in [-0.15, -0.1) is 0 Å². The Kier molecular flexibility index (Phi) is 5.70. The topological polar surface area (TPSA) is 66.8 Å². The van der Waals surface area contributed by atoms with Crippen LogP contribution in [0.5, 0.6) is 0 Å². The van der Waals surface area contributed by atoms with Crippen LogP contribution in [0.3, 0.4) is 0 Å². The van der Waals surface area contributed by atoms with Crippen LogP contribution in [0.1, 0.15) is 31.9 Å². The second kappa shape index (κ2) is 7.39. The molecule has 0 saturated carbocycles. The van der Waals surface area contributed by atoms with Gasteiger partial charge in [0.1, 0.15) is 0 Å². The number of rotatable bonds is 1. The van der Waals surface area contributed by atoms with Crippen LogP contribution in [-0.4, -0.2) is 42.3 Å². The Morgan fingerprint density at radius 1 is 1.00 bits per heavy atom. The zero-order chi connectivity index (χ0) is 23.6. The molecule has 172 valence electrons. The first-order valence-corrected chi connectivity index (χ1v) is 11.7. The van der Waals surface area contributed by atoms with E-state index in [0.29, 0.717) is 12.1 Å². The van der Waals surface area contributed by atoms with Crippen LogP contribution in [0.4, 0.5) is 32.0 Å². The highest BCUT2D eigenvalue weighted by Crippen LogP contribution is 2.44. The first-order chi connectivity index (χ1) is 13.9. The van der Waals surface area contributed by atoms with Gasteiger partial charge in [-0.3, -0.25) is 4.79 Å². The Bertz CT molecular complexity index is 1010. The van der Waals surface area contributed by atoms with Crippen molar-refractivity contribution in [3.63, 3.8) is 0 Å². The van der Waals surface area contributed by atoms with E-state index in [1.807, 2.05) is 0 Å². The van der Waals surface area contributed by atoms with Crippen LogP contribution >= 0.6 is 11.8 Å². The van der Waals surface area contributed by atoms with Gasteiger partial charge in [-0.05, 0) is 18.2 Å². The van der Waals surface area contributed by atoms with Crippen molar-refractivity contribution >= 4 is 38.4 Å². The van der Waals surface area contributed by atoms with E-state index in [-0.39, 0.29) is 17.0 Å². The lowest BCUT2D eigenvalue weighted by Crippen LogP contribution is -2.38. The summed E-state index contributed by atoms with van der Waals surface area (Å²) in [5.74, 6) is -1.41. The summed E-state index contributed by atoms with van der Waals surface area (Å²) in [7, 11) is -3.55. The maximum Gasteiger partial charge on any atom is 0.416 e. The molecule has 31 heavy (non-hydrogen) atoms. The van der Waals surface area contributed by atoms with Crippen LogP contribution in [0.15, 0.2) is 23.2 Å². The van der Waals surface area contributed by atoms with Gasteiger partial charge in [0.2, 0.25) is 0 Å². The molecule has 1 amide bonds. The number of aliphatic imine (C=N–C) groups is 1. The van der Waals surface area contributed by atoms with E-state index in [1.165, 1.54) is 0 Å². The minimum atomic E-state index is -5.07. The molecule has 2 aliphatic rings. The standard InChI is InChI=1S/C18H18F6N2O3S2/c1-16(2,3)14(27)25-15-26(12-7-31(28,29)8-13(12)30-15)11-5-9(17(19,20)21)4-10(6-11)18(22,23)24/h4-6,12-13H,7-8H2,1-3H3/t12-,13-/m0/s1. The summed E-state index contributed by atoms with van der Waals surface area (Å²) in [4.78, 5) is 17.3. The zero-order valence-electron chi connectivity index (χ0n) is 16.5. The van der Waals surface area contributed by atoms with Crippen molar-refractivity contribution in [2.75, 3.05) is 16.4 Å². The van der Waals surface area contributed by atoms with Crippen molar-refractivity contribution < 1.29 is 39.6 Å². The van der Waals surface area contributed by atoms with Gasteiger partial charge in [0, 0.05) is 16.4 Å². The molecule has 2 atom stereocenters. The molecule has 1 aromatic rings. The van der Waals surface area contributed by atoms with Gasteiger partial charge in [-0.1, -0.05) is 32.5 Å². The third-order valence-corrected chi connectivity index (χ3v) is 7.97. The van der Waals surface area contributed by atoms with Gasteiger partial charge in [0.15, 0.2) is 15.0 Å². The second-order valence-corrected chi connectivity index (χ2v) is 11.7. The molecule has 2 saturated heterocycles.